The number of H-pyrrole nitrogens is 1. The lowest BCUT2D eigenvalue weighted by Gasteiger charge is -2.51. The van der Waals surface area contributed by atoms with Crippen LogP contribution in [0.25, 0.3) is 10.9 Å². The van der Waals surface area contributed by atoms with E-state index < -0.39 is 0 Å². The van der Waals surface area contributed by atoms with Crippen molar-refractivity contribution in [1.82, 2.24) is 14.8 Å². The Hall–Kier alpha value is -2.34. The lowest BCUT2D eigenvalue weighted by molar-refractivity contribution is -0.132. The van der Waals surface area contributed by atoms with Gasteiger partial charge in [0.1, 0.15) is 0 Å². The van der Waals surface area contributed by atoms with E-state index in [2.05, 4.69) is 9.88 Å². The molecule has 4 rings (SSSR count). The van der Waals surface area contributed by atoms with E-state index in [4.69, 9.17) is 5.73 Å². The van der Waals surface area contributed by atoms with Crippen molar-refractivity contribution in [2.45, 2.75) is 31.7 Å². The number of hydrogen-bond donors (Lipinski definition) is 2. The molecule has 1 spiro atoms. The van der Waals surface area contributed by atoms with Crippen molar-refractivity contribution in [3.63, 3.8) is 0 Å². The van der Waals surface area contributed by atoms with Crippen LogP contribution in [0.2, 0.25) is 0 Å². The SMILES string of the molecule is CN1CCCC2(CCN(C(=O)c3ccc4cc[nH]c4c3)CC2)C1C(N)=O. The molecule has 6 heteroatoms. The van der Waals surface area contributed by atoms with Crippen LogP contribution in [0.4, 0.5) is 0 Å². The van der Waals surface area contributed by atoms with E-state index in [1.807, 2.05) is 42.4 Å². The lowest BCUT2D eigenvalue weighted by Crippen LogP contribution is -2.60. The van der Waals surface area contributed by atoms with Crippen molar-refractivity contribution in [2.24, 2.45) is 11.1 Å². The first-order valence-electron chi connectivity index (χ1n) is 9.36. The van der Waals surface area contributed by atoms with E-state index in [0.717, 1.165) is 43.1 Å². The van der Waals surface area contributed by atoms with Crippen molar-refractivity contribution in [2.75, 3.05) is 26.7 Å². The van der Waals surface area contributed by atoms with Gasteiger partial charge < -0.3 is 15.6 Å². The standard InChI is InChI=1S/C20H26N4O2/c1-23-10-2-6-20(17(23)18(21)25)7-11-24(12-8-20)19(26)15-4-3-14-5-9-22-16(14)13-15/h3-5,9,13,17,22H,2,6-8,10-12H2,1H3,(H2,21,25). The molecule has 1 aromatic heterocycles. The minimum Gasteiger partial charge on any atom is -0.368 e. The van der Waals surface area contributed by atoms with Gasteiger partial charge in [-0.1, -0.05) is 6.07 Å². The highest BCUT2D eigenvalue weighted by Crippen LogP contribution is 2.44. The molecule has 2 aliphatic heterocycles. The van der Waals surface area contributed by atoms with Gasteiger partial charge in [0.15, 0.2) is 0 Å². The third kappa shape index (κ3) is 2.78. The zero-order valence-electron chi connectivity index (χ0n) is 15.2. The average Bonchev–Trinajstić information content (AvgIpc) is 3.09. The van der Waals surface area contributed by atoms with Crippen molar-refractivity contribution < 1.29 is 9.59 Å². The number of likely N-dealkylation sites (N-methyl/N-ethyl adjacent to an activating group) is 1. The highest BCUT2D eigenvalue weighted by molar-refractivity contribution is 5.98. The van der Waals surface area contributed by atoms with Crippen molar-refractivity contribution in [3.8, 4) is 0 Å². The van der Waals surface area contributed by atoms with Gasteiger partial charge in [0.05, 0.1) is 6.04 Å². The Morgan fingerprint density at radius 3 is 2.65 bits per heavy atom. The number of nitrogens with zero attached hydrogens (tertiary/aromatic N) is 2. The fourth-order valence-electron chi connectivity index (χ4n) is 4.97. The van der Waals surface area contributed by atoms with Gasteiger partial charge in [0, 0.05) is 30.4 Å². The number of carbonyl (C=O) groups is 2. The number of benzene rings is 1. The molecule has 2 amide bonds. The summed E-state index contributed by atoms with van der Waals surface area (Å²) in [5, 5.41) is 1.11. The second-order valence-electron chi connectivity index (χ2n) is 7.82. The summed E-state index contributed by atoms with van der Waals surface area (Å²) in [6.07, 6.45) is 5.65. The van der Waals surface area contributed by atoms with Gasteiger partial charge in [-0.15, -0.1) is 0 Å². The molecule has 1 atom stereocenters. The fourth-order valence-corrected chi connectivity index (χ4v) is 4.97. The molecule has 2 fully saturated rings. The minimum absolute atomic E-state index is 0.0659. The van der Waals surface area contributed by atoms with Gasteiger partial charge in [-0.2, -0.15) is 0 Å². The second-order valence-corrected chi connectivity index (χ2v) is 7.82. The average molecular weight is 354 g/mol. The molecule has 26 heavy (non-hydrogen) atoms. The summed E-state index contributed by atoms with van der Waals surface area (Å²) in [7, 11) is 1.99. The van der Waals surface area contributed by atoms with Crippen molar-refractivity contribution >= 4 is 22.7 Å². The molecule has 138 valence electrons. The number of amides is 2. The van der Waals surface area contributed by atoms with E-state index >= 15 is 0 Å². The number of aromatic nitrogens is 1. The molecule has 3 heterocycles. The van der Waals surface area contributed by atoms with Crippen LogP contribution in [-0.4, -0.2) is 59.3 Å². The highest BCUT2D eigenvalue weighted by Gasteiger charge is 2.48. The number of fused-ring (bicyclic) bond motifs is 1. The molecule has 0 bridgehead atoms. The predicted octanol–water partition coefficient (Wildman–Crippen LogP) is 1.97. The molecule has 3 N–H and O–H groups in total. The normalized spacial score (nSPS) is 23.4. The number of likely N-dealkylation sites (tertiary alicyclic amines) is 2. The first-order chi connectivity index (χ1) is 12.5. The lowest BCUT2D eigenvalue weighted by atomic mass is 9.66. The third-order valence-electron chi connectivity index (χ3n) is 6.32. The number of piperidine rings is 2. The molecule has 6 nitrogen and oxygen atoms in total. The van der Waals surface area contributed by atoms with E-state index in [9.17, 15) is 9.59 Å². The zero-order chi connectivity index (χ0) is 18.3. The second kappa shape index (κ2) is 6.43. The van der Waals surface area contributed by atoms with Crippen LogP contribution in [-0.2, 0) is 4.79 Å². The van der Waals surface area contributed by atoms with E-state index in [0.29, 0.717) is 18.7 Å². The van der Waals surface area contributed by atoms with Crippen LogP contribution in [0.3, 0.4) is 0 Å². The van der Waals surface area contributed by atoms with Crippen LogP contribution >= 0.6 is 0 Å². The first-order valence-corrected chi connectivity index (χ1v) is 9.36. The maximum absolute atomic E-state index is 12.9. The van der Waals surface area contributed by atoms with Crippen molar-refractivity contribution in [3.05, 3.63) is 36.0 Å². The molecular weight excluding hydrogens is 328 g/mol. The summed E-state index contributed by atoms with van der Waals surface area (Å²) < 4.78 is 0. The number of nitrogens with one attached hydrogen (secondary N) is 1. The monoisotopic (exact) mass is 354 g/mol. The molecule has 2 aliphatic rings. The van der Waals surface area contributed by atoms with Gasteiger partial charge in [-0.3, -0.25) is 14.5 Å². The summed E-state index contributed by atoms with van der Waals surface area (Å²) in [5.74, 6) is -0.166. The van der Waals surface area contributed by atoms with Gasteiger partial charge in [0.25, 0.3) is 5.91 Å². The zero-order valence-corrected chi connectivity index (χ0v) is 15.2. The number of hydrogen-bond acceptors (Lipinski definition) is 3. The molecule has 2 aromatic rings. The molecule has 2 saturated heterocycles. The molecule has 0 saturated carbocycles. The summed E-state index contributed by atoms with van der Waals surface area (Å²) in [6.45, 7) is 2.27. The Bertz CT molecular complexity index is 835. The summed E-state index contributed by atoms with van der Waals surface area (Å²) >= 11 is 0. The van der Waals surface area contributed by atoms with Crippen molar-refractivity contribution in [1.29, 1.82) is 0 Å². The maximum Gasteiger partial charge on any atom is 0.253 e. The number of rotatable bonds is 2. The molecular formula is C20H26N4O2. The molecule has 1 aromatic carbocycles. The Morgan fingerprint density at radius 1 is 1.15 bits per heavy atom. The van der Waals surface area contributed by atoms with E-state index in [1.54, 1.807) is 0 Å². The summed E-state index contributed by atoms with van der Waals surface area (Å²) in [5.41, 5.74) is 7.33. The Morgan fingerprint density at radius 2 is 1.92 bits per heavy atom. The third-order valence-corrected chi connectivity index (χ3v) is 6.32. The van der Waals surface area contributed by atoms with Crippen LogP contribution in [0.15, 0.2) is 30.5 Å². The van der Waals surface area contributed by atoms with Gasteiger partial charge in [-0.25, -0.2) is 0 Å². The van der Waals surface area contributed by atoms with Gasteiger partial charge in [0.2, 0.25) is 5.91 Å². The Balaban J connectivity index is 1.50. The predicted molar refractivity (Wildman–Crippen MR) is 101 cm³/mol. The minimum atomic E-state index is -0.232. The van der Waals surface area contributed by atoms with Crippen LogP contribution in [0.1, 0.15) is 36.0 Å². The number of nitrogens with two attached hydrogens (primary N) is 1. The van der Waals surface area contributed by atoms with Gasteiger partial charge in [-0.05, 0) is 68.3 Å². The quantitative estimate of drug-likeness (QED) is 0.865. The van der Waals surface area contributed by atoms with E-state index in [-0.39, 0.29) is 23.3 Å². The first kappa shape index (κ1) is 17.1. The smallest absolute Gasteiger partial charge is 0.253 e. The van der Waals surface area contributed by atoms with E-state index in [1.165, 1.54) is 0 Å². The van der Waals surface area contributed by atoms with Crippen LogP contribution in [0.5, 0.6) is 0 Å². The molecule has 0 aliphatic carbocycles. The fraction of sp³-hybridized carbons (Fsp3) is 0.500. The number of primary amides is 1. The van der Waals surface area contributed by atoms with Crippen LogP contribution < -0.4 is 5.73 Å². The Kier molecular flexibility index (Phi) is 4.23. The topological polar surface area (TPSA) is 82.4 Å². The maximum atomic E-state index is 12.9. The number of aromatic amines is 1. The van der Waals surface area contributed by atoms with Crippen LogP contribution in [0, 0.1) is 5.41 Å². The highest BCUT2D eigenvalue weighted by atomic mass is 16.2. The largest absolute Gasteiger partial charge is 0.368 e. The molecule has 0 radical (unpaired) electrons. The Labute approximate surface area is 153 Å². The van der Waals surface area contributed by atoms with Gasteiger partial charge >= 0.3 is 0 Å². The summed E-state index contributed by atoms with van der Waals surface area (Å²) in [6, 6.07) is 7.57. The summed E-state index contributed by atoms with van der Waals surface area (Å²) in [4.78, 5) is 32.2. The molecule has 1 unspecified atom stereocenters. The number of carbonyl (C=O) groups excluding carboxylic acids is 2.